The molecule has 2 N–H and O–H groups in total. The molecule has 0 amide bonds. The van der Waals surface area contributed by atoms with E-state index < -0.39 is 24.2 Å². The lowest BCUT2D eigenvalue weighted by Gasteiger charge is -2.38. The predicted octanol–water partition coefficient (Wildman–Crippen LogP) is 6.51. The van der Waals surface area contributed by atoms with Crippen LogP contribution in [0.15, 0.2) is 89.7 Å². The van der Waals surface area contributed by atoms with Gasteiger partial charge in [-0.1, -0.05) is 65.7 Å². The van der Waals surface area contributed by atoms with Crippen LogP contribution in [-0.4, -0.2) is 34.4 Å². The fraction of sp³-hybridized carbons (Fsp3) is 0.290. The molecule has 0 spiro atoms. The van der Waals surface area contributed by atoms with Crippen LogP contribution in [0.5, 0.6) is 5.75 Å². The highest BCUT2D eigenvalue weighted by atomic mass is 79.9. The lowest BCUT2D eigenvalue weighted by Crippen LogP contribution is -2.46. The Morgan fingerprint density at radius 1 is 1.00 bits per heavy atom. The first kappa shape index (κ1) is 28.2. The van der Waals surface area contributed by atoms with E-state index in [-0.39, 0.29) is 6.04 Å². The average molecular weight is 593 g/mol. The molecule has 3 aromatic carbocycles. The molecular formula is C31H34BrN3O4. The van der Waals surface area contributed by atoms with Gasteiger partial charge in [0, 0.05) is 29.5 Å². The van der Waals surface area contributed by atoms with Crippen molar-refractivity contribution < 1.29 is 19.1 Å². The van der Waals surface area contributed by atoms with Crippen molar-refractivity contribution in [3.63, 3.8) is 0 Å². The lowest BCUT2D eigenvalue weighted by molar-refractivity contribution is -0.176. The Hall–Kier alpha value is -3.78. The molecule has 0 bridgehead atoms. The fourth-order valence-corrected chi connectivity index (χ4v) is 4.96. The second-order valence-corrected chi connectivity index (χ2v) is 10.5. The summed E-state index contributed by atoms with van der Waals surface area (Å²) in [5, 5.41) is 0. The van der Waals surface area contributed by atoms with E-state index in [0.29, 0.717) is 18.0 Å². The minimum absolute atomic E-state index is 0.0657. The molecule has 4 rings (SSSR count). The number of ketones is 1. The summed E-state index contributed by atoms with van der Waals surface area (Å²) >= 11 is 3.51. The first-order valence-electron chi connectivity index (χ1n) is 13.0. The van der Waals surface area contributed by atoms with E-state index in [9.17, 15) is 9.59 Å². The van der Waals surface area contributed by atoms with Crippen molar-refractivity contribution in [1.29, 1.82) is 0 Å². The number of carbonyl (C=O) groups excluding carboxylic acids is 2. The highest BCUT2D eigenvalue weighted by Crippen LogP contribution is 2.35. The molecule has 3 unspecified atom stereocenters. The van der Waals surface area contributed by atoms with Gasteiger partial charge in [-0.25, -0.2) is 4.79 Å². The summed E-state index contributed by atoms with van der Waals surface area (Å²) in [6.45, 7) is 5.75. The number of nitrogen functional groups attached to an aromatic ring is 1. The van der Waals surface area contributed by atoms with Gasteiger partial charge in [-0.15, -0.1) is 0 Å². The van der Waals surface area contributed by atoms with E-state index in [1.54, 1.807) is 12.1 Å². The molecule has 3 atom stereocenters. The summed E-state index contributed by atoms with van der Waals surface area (Å²) < 4.78 is 13.3. The first-order valence-corrected chi connectivity index (χ1v) is 13.8. The maximum Gasteiger partial charge on any atom is 0.377 e. The van der Waals surface area contributed by atoms with Crippen LogP contribution >= 0.6 is 15.9 Å². The second kappa shape index (κ2) is 12.8. The average Bonchev–Trinajstić information content (AvgIpc) is 3.30. The number of hydrogen-bond acceptors (Lipinski definition) is 7. The number of anilines is 1. The number of carbonyl (C=O) groups is 2. The number of halogens is 1. The molecule has 0 radical (unpaired) electrons. The van der Waals surface area contributed by atoms with Crippen LogP contribution < -0.4 is 10.5 Å². The number of esters is 1. The molecule has 39 heavy (non-hydrogen) atoms. The molecule has 0 fully saturated rings. The van der Waals surface area contributed by atoms with Gasteiger partial charge in [0.1, 0.15) is 11.9 Å². The van der Waals surface area contributed by atoms with Gasteiger partial charge in [-0.05, 0) is 66.4 Å². The van der Waals surface area contributed by atoms with E-state index in [1.165, 1.54) is 6.92 Å². The molecule has 204 valence electrons. The van der Waals surface area contributed by atoms with Crippen molar-refractivity contribution in [2.24, 2.45) is 0 Å². The van der Waals surface area contributed by atoms with E-state index >= 15 is 0 Å². The van der Waals surface area contributed by atoms with Crippen molar-refractivity contribution in [2.75, 3.05) is 12.3 Å². The number of rotatable bonds is 11. The van der Waals surface area contributed by atoms with Crippen LogP contribution in [-0.2, 0) is 14.3 Å². The predicted molar refractivity (Wildman–Crippen MR) is 155 cm³/mol. The number of benzene rings is 3. The highest BCUT2D eigenvalue weighted by Gasteiger charge is 2.37. The number of Topliss-reactive ketones (excluding diaryl/α,β-unsaturated/α-hetero) is 1. The summed E-state index contributed by atoms with van der Waals surface area (Å²) in [6.07, 6.45) is 4.37. The van der Waals surface area contributed by atoms with Gasteiger partial charge >= 0.3 is 5.97 Å². The lowest BCUT2D eigenvalue weighted by atomic mass is 10.0. The third kappa shape index (κ3) is 7.00. The Bertz CT molecular complexity index is 1310. The molecule has 7 nitrogen and oxygen atoms in total. The summed E-state index contributed by atoms with van der Waals surface area (Å²) in [6, 6.07) is 23.4. The van der Waals surface area contributed by atoms with Crippen molar-refractivity contribution in [1.82, 2.24) is 9.80 Å². The molecule has 1 heterocycles. The molecule has 0 saturated heterocycles. The molecule has 0 saturated carbocycles. The summed E-state index contributed by atoms with van der Waals surface area (Å²) in [4.78, 5) is 28.4. The van der Waals surface area contributed by atoms with Gasteiger partial charge < -0.3 is 25.0 Å². The highest BCUT2D eigenvalue weighted by molar-refractivity contribution is 9.10. The van der Waals surface area contributed by atoms with Crippen LogP contribution in [0.3, 0.4) is 0 Å². The molecule has 3 aromatic rings. The molecule has 8 heteroatoms. The van der Waals surface area contributed by atoms with Crippen molar-refractivity contribution in [3.05, 3.63) is 106 Å². The maximum absolute atomic E-state index is 12.6. The van der Waals surface area contributed by atoms with Crippen LogP contribution in [0, 0.1) is 6.92 Å². The summed E-state index contributed by atoms with van der Waals surface area (Å²) in [7, 11) is 0. The summed E-state index contributed by atoms with van der Waals surface area (Å²) in [5.74, 6) is -0.851. The zero-order valence-corrected chi connectivity index (χ0v) is 24.0. The first-order chi connectivity index (χ1) is 18.8. The Kier molecular flexibility index (Phi) is 9.30. The molecule has 1 aliphatic heterocycles. The van der Waals surface area contributed by atoms with Crippen LogP contribution in [0.25, 0.3) is 0 Å². The van der Waals surface area contributed by atoms with Gasteiger partial charge in [0.05, 0.1) is 12.6 Å². The van der Waals surface area contributed by atoms with Gasteiger partial charge in [0.15, 0.2) is 0 Å². The Morgan fingerprint density at radius 3 is 2.33 bits per heavy atom. The third-order valence-corrected chi connectivity index (χ3v) is 7.24. The Balaban J connectivity index is 1.67. The minimum Gasteiger partial charge on any atom is -0.484 e. The van der Waals surface area contributed by atoms with Crippen molar-refractivity contribution in [3.8, 4) is 5.75 Å². The number of ether oxygens (including phenoxy) is 2. The SMILES string of the molecule is CCCC(c1ccc(Br)cc1)N1C=CN(CC(Oc2ccc(N)cc2)c2ccccc2C)C1OC(=O)C(C)=O. The molecule has 0 aromatic heterocycles. The molecule has 0 aliphatic carbocycles. The van der Waals surface area contributed by atoms with E-state index in [2.05, 4.69) is 35.0 Å². The quantitative estimate of drug-likeness (QED) is 0.155. The van der Waals surface area contributed by atoms with Crippen LogP contribution in [0.2, 0.25) is 0 Å². The van der Waals surface area contributed by atoms with Crippen molar-refractivity contribution >= 4 is 33.4 Å². The number of aryl methyl sites for hydroxylation is 1. The van der Waals surface area contributed by atoms with Gasteiger partial charge in [0.25, 0.3) is 6.35 Å². The summed E-state index contributed by atoms with van der Waals surface area (Å²) in [5.41, 5.74) is 9.71. The number of hydrogen-bond donors (Lipinski definition) is 1. The van der Waals surface area contributed by atoms with Gasteiger partial charge in [-0.3, -0.25) is 4.79 Å². The largest absolute Gasteiger partial charge is 0.484 e. The zero-order valence-electron chi connectivity index (χ0n) is 22.4. The van der Waals surface area contributed by atoms with E-state index in [1.807, 2.05) is 77.7 Å². The minimum atomic E-state index is -0.878. The maximum atomic E-state index is 12.6. The smallest absolute Gasteiger partial charge is 0.377 e. The Morgan fingerprint density at radius 2 is 1.69 bits per heavy atom. The number of nitrogens with two attached hydrogens (primary N) is 1. The fourth-order valence-electron chi connectivity index (χ4n) is 4.69. The monoisotopic (exact) mass is 591 g/mol. The third-order valence-electron chi connectivity index (χ3n) is 6.72. The van der Waals surface area contributed by atoms with Gasteiger partial charge in [0.2, 0.25) is 5.78 Å². The number of nitrogens with zero attached hydrogens (tertiary/aromatic N) is 2. The van der Waals surface area contributed by atoms with Crippen LogP contribution in [0.4, 0.5) is 5.69 Å². The Labute approximate surface area is 238 Å². The standard InChI is InChI=1S/C31H34BrN3O4/c1-4-7-28(23-10-12-24(32)13-11-23)35-19-18-34(31(35)39-30(37)22(3)36)20-29(27-9-6-5-8-21(27)2)38-26-16-14-25(33)15-17-26/h5-6,8-19,28-29,31H,4,7,20,33H2,1-3H3. The van der Waals surface area contributed by atoms with Crippen molar-refractivity contribution in [2.45, 2.75) is 52.1 Å². The van der Waals surface area contributed by atoms with E-state index in [0.717, 1.165) is 34.0 Å². The second-order valence-electron chi connectivity index (χ2n) is 9.62. The van der Waals surface area contributed by atoms with E-state index in [4.69, 9.17) is 15.2 Å². The zero-order chi connectivity index (χ0) is 27.9. The molecular weight excluding hydrogens is 558 g/mol. The molecule has 1 aliphatic rings. The topological polar surface area (TPSA) is 85.1 Å². The normalized spacial score (nSPS) is 16.2. The van der Waals surface area contributed by atoms with Crippen LogP contribution in [0.1, 0.15) is 55.5 Å². The van der Waals surface area contributed by atoms with Gasteiger partial charge in [-0.2, -0.15) is 0 Å².